The van der Waals surface area contributed by atoms with Crippen molar-refractivity contribution in [2.75, 3.05) is 5.75 Å². The maximum Gasteiger partial charge on any atom is 0.277 e. The van der Waals surface area contributed by atoms with Crippen LogP contribution in [0.2, 0.25) is 0 Å². The highest BCUT2D eigenvalue weighted by Gasteiger charge is 2.09. The van der Waals surface area contributed by atoms with Gasteiger partial charge in [0.1, 0.15) is 5.82 Å². The molecule has 6 nitrogen and oxygen atoms in total. The highest BCUT2D eigenvalue weighted by molar-refractivity contribution is 7.99. The van der Waals surface area contributed by atoms with Crippen LogP contribution in [0.5, 0.6) is 0 Å². The number of carbonyl (C=O) groups excluding carboxylic acids is 1. The van der Waals surface area contributed by atoms with Crippen molar-refractivity contribution in [3.63, 3.8) is 0 Å². The second-order valence-corrected chi connectivity index (χ2v) is 4.52. The summed E-state index contributed by atoms with van der Waals surface area (Å²) in [4.78, 5) is 11.7. The molecule has 0 aliphatic carbocycles. The van der Waals surface area contributed by atoms with Crippen molar-refractivity contribution in [1.82, 2.24) is 15.5 Å². The second-order valence-electron chi connectivity index (χ2n) is 3.60. The van der Waals surface area contributed by atoms with Gasteiger partial charge in [-0.25, -0.2) is 4.39 Å². The Morgan fingerprint density at radius 3 is 2.85 bits per heavy atom. The molecule has 0 aliphatic rings. The molecule has 0 saturated heterocycles. The van der Waals surface area contributed by atoms with Crippen molar-refractivity contribution in [1.29, 1.82) is 5.26 Å². The predicted octanol–water partition coefficient (Wildman–Crippen LogP) is 1.75. The lowest BCUT2D eigenvalue weighted by Gasteiger charge is -2.01. The summed E-state index contributed by atoms with van der Waals surface area (Å²) in [6.45, 7) is 0.0658. The molecule has 1 heterocycles. The minimum atomic E-state index is -0.405. The summed E-state index contributed by atoms with van der Waals surface area (Å²) in [5, 5.41) is 18.7. The zero-order valence-electron chi connectivity index (χ0n) is 10.2. The van der Waals surface area contributed by atoms with Crippen LogP contribution in [0.1, 0.15) is 16.2 Å². The van der Waals surface area contributed by atoms with E-state index in [9.17, 15) is 9.18 Å². The molecule has 2 aromatic rings. The number of nitriles is 1. The predicted molar refractivity (Wildman–Crippen MR) is 68.2 cm³/mol. The summed E-state index contributed by atoms with van der Waals surface area (Å²) in [5.41, 5.74) is 0.338. The number of rotatable bonds is 5. The molecule has 1 aromatic carbocycles. The maximum absolute atomic E-state index is 12.7. The Bertz CT molecular complexity index is 636. The van der Waals surface area contributed by atoms with E-state index in [1.165, 1.54) is 24.3 Å². The molecule has 1 aromatic heterocycles. The monoisotopic (exact) mass is 292 g/mol. The zero-order valence-corrected chi connectivity index (χ0v) is 11.0. The van der Waals surface area contributed by atoms with Gasteiger partial charge < -0.3 is 9.73 Å². The van der Waals surface area contributed by atoms with E-state index in [0.717, 1.165) is 11.8 Å². The van der Waals surface area contributed by atoms with Crippen LogP contribution in [0.4, 0.5) is 4.39 Å². The van der Waals surface area contributed by atoms with Gasteiger partial charge in [0, 0.05) is 5.56 Å². The van der Waals surface area contributed by atoms with Crippen molar-refractivity contribution in [3.05, 3.63) is 41.5 Å². The fourth-order valence-electron chi connectivity index (χ4n) is 1.32. The Hall–Kier alpha value is -2.40. The lowest BCUT2D eigenvalue weighted by Crippen LogP contribution is -2.22. The Balaban J connectivity index is 1.88. The van der Waals surface area contributed by atoms with E-state index in [2.05, 4.69) is 15.5 Å². The minimum Gasteiger partial charge on any atom is -0.414 e. The second kappa shape index (κ2) is 6.68. The molecule has 102 valence electrons. The lowest BCUT2D eigenvalue weighted by molar-refractivity contribution is 0.0946. The molecule has 20 heavy (non-hydrogen) atoms. The Kier molecular flexibility index (Phi) is 4.68. The smallest absolute Gasteiger partial charge is 0.277 e. The number of hydrogen-bond acceptors (Lipinski definition) is 6. The highest BCUT2D eigenvalue weighted by atomic mass is 32.2. The number of hydrogen-bond donors (Lipinski definition) is 1. The van der Waals surface area contributed by atoms with Gasteiger partial charge in [-0.3, -0.25) is 4.79 Å². The van der Waals surface area contributed by atoms with Crippen LogP contribution in [-0.4, -0.2) is 21.9 Å². The van der Waals surface area contributed by atoms with Crippen LogP contribution in [0.15, 0.2) is 33.9 Å². The third kappa shape index (κ3) is 3.80. The maximum atomic E-state index is 12.7. The third-order valence-corrected chi connectivity index (χ3v) is 2.90. The van der Waals surface area contributed by atoms with Crippen LogP contribution in [0.25, 0.3) is 0 Å². The summed E-state index contributed by atoms with van der Waals surface area (Å²) in [7, 11) is 0. The number of aromatic nitrogens is 2. The molecule has 0 unspecified atom stereocenters. The number of nitrogens with zero attached hydrogens (tertiary/aromatic N) is 3. The van der Waals surface area contributed by atoms with Gasteiger partial charge in [-0.2, -0.15) is 5.26 Å². The number of nitrogens with one attached hydrogen (secondary N) is 1. The zero-order chi connectivity index (χ0) is 14.4. The fourth-order valence-corrected chi connectivity index (χ4v) is 1.76. The molecular weight excluding hydrogens is 283 g/mol. The molecule has 0 bridgehead atoms. The summed E-state index contributed by atoms with van der Waals surface area (Å²) >= 11 is 1.12. The van der Waals surface area contributed by atoms with Gasteiger partial charge in [-0.15, -0.1) is 10.2 Å². The standard InChI is InChI=1S/C12H9FN4O2S/c13-9-3-1-8(2-4-9)11(18)15-7-10-16-17-12(19-10)20-6-5-14/h1-4H,6-7H2,(H,15,18). The summed E-state index contributed by atoms with van der Waals surface area (Å²) in [6, 6.07) is 7.11. The van der Waals surface area contributed by atoms with Gasteiger partial charge in [0.05, 0.1) is 18.4 Å². The number of benzene rings is 1. The van der Waals surface area contributed by atoms with Gasteiger partial charge in [0.25, 0.3) is 11.1 Å². The molecule has 0 spiro atoms. The highest BCUT2D eigenvalue weighted by Crippen LogP contribution is 2.14. The van der Waals surface area contributed by atoms with Crippen LogP contribution >= 0.6 is 11.8 Å². The molecule has 0 atom stereocenters. The Morgan fingerprint density at radius 2 is 2.15 bits per heavy atom. The molecule has 0 aliphatic heterocycles. The molecule has 1 amide bonds. The molecule has 2 rings (SSSR count). The first-order valence-electron chi connectivity index (χ1n) is 5.55. The van der Waals surface area contributed by atoms with Crippen molar-refractivity contribution >= 4 is 17.7 Å². The quantitative estimate of drug-likeness (QED) is 0.844. The van der Waals surface area contributed by atoms with E-state index in [1.807, 2.05) is 6.07 Å². The average molecular weight is 292 g/mol. The van der Waals surface area contributed by atoms with Crippen molar-refractivity contribution in [2.24, 2.45) is 0 Å². The number of amides is 1. The molecular formula is C12H9FN4O2S. The van der Waals surface area contributed by atoms with Crippen LogP contribution in [0, 0.1) is 17.1 Å². The van der Waals surface area contributed by atoms with E-state index in [0.29, 0.717) is 5.56 Å². The Morgan fingerprint density at radius 1 is 1.40 bits per heavy atom. The number of thioether (sulfide) groups is 1. The van der Waals surface area contributed by atoms with Crippen LogP contribution in [-0.2, 0) is 6.54 Å². The largest absolute Gasteiger partial charge is 0.414 e. The average Bonchev–Trinajstić information content (AvgIpc) is 2.91. The summed E-state index contributed by atoms with van der Waals surface area (Å²) < 4.78 is 17.9. The normalized spacial score (nSPS) is 10.0. The van der Waals surface area contributed by atoms with E-state index in [1.54, 1.807) is 0 Å². The van der Waals surface area contributed by atoms with Crippen molar-refractivity contribution in [3.8, 4) is 6.07 Å². The van der Waals surface area contributed by atoms with E-state index in [-0.39, 0.29) is 29.3 Å². The topological polar surface area (TPSA) is 91.8 Å². The first-order valence-corrected chi connectivity index (χ1v) is 6.53. The van der Waals surface area contributed by atoms with E-state index >= 15 is 0 Å². The van der Waals surface area contributed by atoms with Crippen LogP contribution in [0.3, 0.4) is 0 Å². The van der Waals surface area contributed by atoms with Gasteiger partial charge >= 0.3 is 0 Å². The minimum absolute atomic E-state index is 0.0658. The van der Waals surface area contributed by atoms with Crippen LogP contribution < -0.4 is 5.32 Å². The van der Waals surface area contributed by atoms with Crippen molar-refractivity contribution in [2.45, 2.75) is 11.8 Å². The fraction of sp³-hybridized carbons (Fsp3) is 0.167. The first-order chi connectivity index (χ1) is 9.69. The lowest BCUT2D eigenvalue weighted by atomic mass is 10.2. The van der Waals surface area contributed by atoms with Gasteiger partial charge in [0.15, 0.2) is 0 Å². The SMILES string of the molecule is N#CCSc1nnc(CNC(=O)c2ccc(F)cc2)o1. The summed E-state index contributed by atoms with van der Waals surface area (Å²) in [6.07, 6.45) is 0. The number of carbonyl (C=O) groups is 1. The molecule has 0 saturated carbocycles. The third-order valence-electron chi connectivity index (χ3n) is 2.22. The molecule has 0 fully saturated rings. The van der Waals surface area contributed by atoms with Gasteiger partial charge in [-0.1, -0.05) is 11.8 Å². The molecule has 0 radical (unpaired) electrons. The van der Waals surface area contributed by atoms with Gasteiger partial charge in [0.2, 0.25) is 5.89 Å². The van der Waals surface area contributed by atoms with E-state index in [4.69, 9.17) is 9.68 Å². The van der Waals surface area contributed by atoms with Gasteiger partial charge in [-0.05, 0) is 24.3 Å². The molecule has 8 heteroatoms. The molecule has 1 N–H and O–H groups in total. The number of halogens is 1. The first kappa shape index (κ1) is 14.0. The van der Waals surface area contributed by atoms with Crippen molar-refractivity contribution < 1.29 is 13.6 Å². The Labute approximate surface area is 118 Å². The summed E-state index contributed by atoms with van der Waals surface area (Å²) in [5.74, 6) is -0.322. The van der Waals surface area contributed by atoms with E-state index < -0.39 is 5.82 Å².